The van der Waals surface area contributed by atoms with E-state index < -0.39 is 17.4 Å². The SMILES string of the molecule is COc1ccc(C#N)cc1-c1nc2c(n1C(C)C)[C@@]1(C(=O)Nc3cc(Cl)ccc31)N(c1cc(Cl)ccc1C)C2=O. The highest BCUT2D eigenvalue weighted by Crippen LogP contribution is 2.55. The summed E-state index contributed by atoms with van der Waals surface area (Å²) in [6.45, 7) is 5.76. The summed E-state index contributed by atoms with van der Waals surface area (Å²) in [5.74, 6) is 0.0349. The minimum Gasteiger partial charge on any atom is -0.496 e. The van der Waals surface area contributed by atoms with E-state index in [-0.39, 0.29) is 11.7 Å². The zero-order chi connectivity index (χ0) is 28.5. The number of nitrogens with one attached hydrogen (secondary N) is 1. The lowest BCUT2D eigenvalue weighted by atomic mass is 9.86. The third-order valence-corrected chi connectivity index (χ3v) is 7.91. The number of imidazole rings is 1. The highest BCUT2D eigenvalue weighted by Gasteiger charge is 2.64. The van der Waals surface area contributed by atoms with E-state index in [1.165, 1.54) is 12.0 Å². The van der Waals surface area contributed by atoms with Crippen LogP contribution in [0.5, 0.6) is 5.75 Å². The molecule has 40 heavy (non-hydrogen) atoms. The molecule has 2 aliphatic rings. The molecule has 1 aromatic heterocycles. The van der Waals surface area contributed by atoms with Crippen LogP contribution in [0.15, 0.2) is 54.6 Å². The van der Waals surface area contributed by atoms with Crippen molar-refractivity contribution in [2.75, 3.05) is 17.3 Å². The molecule has 200 valence electrons. The van der Waals surface area contributed by atoms with E-state index in [1.54, 1.807) is 48.5 Å². The van der Waals surface area contributed by atoms with Crippen LogP contribution in [0.3, 0.4) is 0 Å². The molecule has 1 atom stereocenters. The molecule has 10 heteroatoms. The Morgan fingerprint density at radius 3 is 2.48 bits per heavy atom. The molecule has 0 saturated heterocycles. The van der Waals surface area contributed by atoms with E-state index in [0.717, 1.165) is 5.56 Å². The molecule has 0 radical (unpaired) electrons. The van der Waals surface area contributed by atoms with Crippen molar-refractivity contribution in [2.24, 2.45) is 0 Å². The summed E-state index contributed by atoms with van der Waals surface area (Å²) in [6.07, 6.45) is 0. The van der Waals surface area contributed by atoms with Crippen molar-refractivity contribution in [1.29, 1.82) is 5.26 Å². The number of anilines is 2. The number of nitriles is 1. The Morgan fingerprint density at radius 1 is 1.05 bits per heavy atom. The molecule has 0 fully saturated rings. The predicted molar refractivity (Wildman–Crippen MR) is 153 cm³/mol. The van der Waals surface area contributed by atoms with Gasteiger partial charge in [0.2, 0.25) is 0 Å². The number of carbonyl (C=O) groups excluding carboxylic acids is 2. The van der Waals surface area contributed by atoms with Crippen LogP contribution in [0, 0.1) is 18.3 Å². The Bertz CT molecular complexity index is 1810. The Labute approximate surface area is 240 Å². The van der Waals surface area contributed by atoms with Gasteiger partial charge in [0.1, 0.15) is 11.6 Å². The third kappa shape index (κ3) is 3.41. The number of halogens is 2. The molecule has 0 bridgehead atoms. The second-order valence-electron chi connectivity index (χ2n) is 10.0. The summed E-state index contributed by atoms with van der Waals surface area (Å²) in [4.78, 5) is 35.1. The van der Waals surface area contributed by atoms with Crippen LogP contribution in [-0.2, 0) is 10.3 Å². The highest BCUT2D eigenvalue weighted by molar-refractivity contribution is 6.32. The summed E-state index contributed by atoms with van der Waals surface area (Å²) in [5, 5.41) is 13.4. The molecule has 6 rings (SSSR count). The average molecular weight is 572 g/mol. The fourth-order valence-electron chi connectivity index (χ4n) is 5.78. The lowest BCUT2D eigenvalue weighted by molar-refractivity contribution is -0.119. The van der Waals surface area contributed by atoms with Crippen molar-refractivity contribution in [2.45, 2.75) is 32.4 Å². The molecular formula is C30H23Cl2N5O3. The van der Waals surface area contributed by atoms with E-state index in [1.807, 2.05) is 31.4 Å². The minimum absolute atomic E-state index is 0.130. The number of aryl methyl sites for hydroxylation is 1. The number of nitrogens with zero attached hydrogens (tertiary/aromatic N) is 4. The standard InChI is InChI=1S/C30H23Cl2N5O3/c1-15(2)36-26-25(35-27(36)20-11-17(14-33)6-10-24(20)40-4)28(38)37(23-13-19(32)7-5-16(23)3)30(26)21-9-8-18(31)12-22(21)34-29(30)39/h5-13,15H,1-4H3,(H,34,39)/t30-/m0/s1. The van der Waals surface area contributed by atoms with Crippen LogP contribution >= 0.6 is 23.2 Å². The number of fused-ring (bicyclic) bond motifs is 4. The highest BCUT2D eigenvalue weighted by atomic mass is 35.5. The first-order valence-electron chi connectivity index (χ1n) is 12.6. The first kappa shape index (κ1) is 25.9. The van der Waals surface area contributed by atoms with Gasteiger partial charge in [-0.1, -0.05) is 35.3 Å². The molecule has 8 nitrogen and oxygen atoms in total. The van der Waals surface area contributed by atoms with E-state index in [4.69, 9.17) is 32.9 Å². The van der Waals surface area contributed by atoms with Gasteiger partial charge in [0.05, 0.1) is 35.7 Å². The largest absolute Gasteiger partial charge is 0.496 e. The van der Waals surface area contributed by atoms with E-state index in [2.05, 4.69) is 11.4 Å². The van der Waals surface area contributed by atoms with Gasteiger partial charge in [0.15, 0.2) is 11.2 Å². The monoisotopic (exact) mass is 571 g/mol. The van der Waals surface area contributed by atoms with Crippen LogP contribution in [0.2, 0.25) is 10.0 Å². The zero-order valence-electron chi connectivity index (χ0n) is 22.0. The van der Waals surface area contributed by atoms with Crippen molar-refractivity contribution in [3.05, 3.63) is 92.7 Å². The molecule has 0 saturated carbocycles. The number of rotatable bonds is 4. The molecular weight excluding hydrogens is 549 g/mol. The molecule has 1 spiro atoms. The maximum absolute atomic E-state index is 14.5. The number of aromatic nitrogens is 2. The fraction of sp³-hybridized carbons (Fsp3) is 0.200. The lowest BCUT2D eigenvalue weighted by Crippen LogP contribution is -2.51. The number of benzene rings is 3. The maximum Gasteiger partial charge on any atom is 0.280 e. The number of hydrogen-bond donors (Lipinski definition) is 1. The second-order valence-corrected chi connectivity index (χ2v) is 10.9. The van der Waals surface area contributed by atoms with E-state index in [0.29, 0.717) is 55.4 Å². The molecule has 4 aromatic rings. The van der Waals surface area contributed by atoms with Gasteiger partial charge in [-0.25, -0.2) is 4.98 Å². The first-order chi connectivity index (χ1) is 19.1. The topological polar surface area (TPSA) is 100 Å². The van der Waals surface area contributed by atoms with Crippen LogP contribution < -0.4 is 15.0 Å². The van der Waals surface area contributed by atoms with Gasteiger partial charge in [-0.15, -0.1) is 0 Å². The predicted octanol–water partition coefficient (Wildman–Crippen LogP) is 6.48. The normalized spacial score (nSPS) is 17.3. The molecule has 0 unspecified atom stereocenters. The van der Waals surface area contributed by atoms with E-state index in [9.17, 15) is 14.9 Å². The number of amides is 2. The van der Waals surface area contributed by atoms with Gasteiger partial charge in [-0.3, -0.25) is 14.5 Å². The van der Waals surface area contributed by atoms with Crippen LogP contribution in [-0.4, -0.2) is 28.5 Å². The van der Waals surface area contributed by atoms with Crippen molar-refractivity contribution >= 4 is 46.4 Å². The van der Waals surface area contributed by atoms with Crippen LogP contribution in [0.25, 0.3) is 11.4 Å². The van der Waals surface area contributed by atoms with Gasteiger partial charge in [0.25, 0.3) is 11.8 Å². The lowest BCUT2D eigenvalue weighted by Gasteiger charge is -2.36. The van der Waals surface area contributed by atoms with Gasteiger partial charge >= 0.3 is 0 Å². The van der Waals surface area contributed by atoms with Crippen LogP contribution in [0.4, 0.5) is 11.4 Å². The van der Waals surface area contributed by atoms with Crippen molar-refractivity contribution < 1.29 is 14.3 Å². The maximum atomic E-state index is 14.5. The minimum atomic E-state index is -1.60. The van der Waals surface area contributed by atoms with Crippen LogP contribution in [0.1, 0.15) is 52.8 Å². The molecule has 2 amide bonds. The fourth-order valence-corrected chi connectivity index (χ4v) is 6.12. The second kappa shape index (κ2) is 9.12. The van der Waals surface area contributed by atoms with Crippen molar-refractivity contribution in [3.63, 3.8) is 0 Å². The number of hydrogen-bond acceptors (Lipinski definition) is 5. The molecule has 0 aliphatic carbocycles. The van der Waals surface area contributed by atoms with Gasteiger partial charge in [0, 0.05) is 27.3 Å². The Kier molecular flexibility index (Phi) is 5.91. The summed E-state index contributed by atoms with van der Waals surface area (Å²) in [6, 6.07) is 17.3. The average Bonchev–Trinajstić information content (AvgIpc) is 3.53. The third-order valence-electron chi connectivity index (χ3n) is 7.44. The summed E-state index contributed by atoms with van der Waals surface area (Å²) in [7, 11) is 1.53. The Hall–Kier alpha value is -4.32. The Morgan fingerprint density at radius 2 is 1.77 bits per heavy atom. The van der Waals surface area contributed by atoms with E-state index >= 15 is 0 Å². The summed E-state index contributed by atoms with van der Waals surface area (Å²) in [5.41, 5.74) is 2.22. The molecule has 1 N–H and O–H groups in total. The number of methoxy groups -OCH3 is 1. The molecule has 3 aromatic carbocycles. The Balaban J connectivity index is 1.75. The van der Waals surface area contributed by atoms with Crippen molar-refractivity contribution in [3.8, 4) is 23.2 Å². The number of carbonyl (C=O) groups is 2. The van der Waals surface area contributed by atoms with Gasteiger partial charge < -0.3 is 14.6 Å². The summed E-state index contributed by atoms with van der Waals surface area (Å²) < 4.78 is 7.51. The smallest absolute Gasteiger partial charge is 0.280 e. The summed E-state index contributed by atoms with van der Waals surface area (Å²) >= 11 is 12.7. The van der Waals surface area contributed by atoms with Gasteiger partial charge in [-0.05, 0) is 68.8 Å². The number of ether oxygens (including phenoxy) is 1. The first-order valence-corrected chi connectivity index (χ1v) is 13.3. The van der Waals surface area contributed by atoms with Gasteiger partial charge in [-0.2, -0.15) is 5.26 Å². The molecule has 3 heterocycles. The zero-order valence-corrected chi connectivity index (χ0v) is 23.6. The van der Waals surface area contributed by atoms with Crippen molar-refractivity contribution in [1.82, 2.24) is 9.55 Å². The molecule has 2 aliphatic heterocycles. The quantitative estimate of drug-likeness (QED) is 0.302.